The molecular weight excluding hydrogens is 315 g/mol. The number of halogens is 1. The fraction of sp³-hybridized carbons (Fsp3) is 0.118. The second-order valence-electron chi connectivity index (χ2n) is 4.82. The van der Waals surface area contributed by atoms with Gasteiger partial charge in [0.05, 0.1) is 18.4 Å². The van der Waals surface area contributed by atoms with Crippen molar-refractivity contribution in [3.05, 3.63) is 59.9 Å². The van der Waals surface area contributed by atoms with Crippen LogP contribution in [-0.4, -0.2) is 24.9 Å². The lowest BCUT2D eigenvalue weighted by Gasteiger charge is -2.08. The molecule has 0 unspecified atom stereocenters. The van der Waals surface area contributed by atoms with Crippen molar-refractivity contribution in [3.63, 3.8) is 0 Å². The Bertz CT molecular complexity index is 759. The molecule has 0 spiro atoms. The van der Waals surface area contributed by atoms with Gasteiger partial charge >= 0.3 is 5.97 Å². The fourth-order valence-electron chi connectivity index (χ4n) is 1.92. The molecule has 0 saturated carbocycles. The van der Waals surface area contributed by atoms with Crippen LogP contribution < -0.4 is 10.6 Å². The van der Waals surface area contributed by atoms with E-state index in [1.165, 1.54) is 49.6 Å². The van der Waals surface area contributed by atoms with E-state index >= 15 is 0 Å². The third-order valence-corrected chi connectivity index (χ3v) is 3.06. The van der Waals surface area contributed by atoms with Crippen LogP contribution in [0.3, 0.4) is 0 Å². The zero-order valence-corrected chi connectivity index (χ0v) is 12.8. The highest BCUT2D eigenvalue weighted by atomic mass is 19.1. The van der Waals surface area contributed by atoms with Crippen LogP contribution in [0.1, 0.15) is 16.8 Å². The van der Waals surface area contributed by atoms with Crippen molar-refractivity contribution in [2.45, 2.75) is 6.42 Å². The number of carbonyl (C=O) groups is 3. The number of hydrogen-bond acceptors (Lipinski definition) is 4. The number of amides is 2. The van der Waals surface area contributed by atoms with E-state index in [4.69, 9.17) is 0 Å². The Balaban J connectivity index is 1.89. The first-order valence-corrected chi connectivity index (χ1v) is 7.02. The van der Waals surface area contributed by atoms with Crippen molar-refractivity contribution < 1.29 is 23.5 Å². The van der Waals surface area contributed by atoms with Crippen LogP contribution in [-0.2, 0) is 14.3 Å². The Morgan fingerprint density at radius 3 is 2.21 bits per heavy atom. The molecule has 0 aliphatic heterocycles. The van der Waals surface area contributed by atoms with Crippen molar-refractivity contribution in [2.24, 2.45) is 0 Å². The molecule has 0 bridgehead atoms. The normalized spacial score (nSPS) is 9.92. The highest BCUT2D eigenvalue weighted by Gasteiger charge is 2.12. The Kier molecular flexibility index (Phi) is 5.62. The average Bonchev–Trinajstić information content (AvgIpc) is 2.56. The quantitative estimate of drug-likeness (QED) is 0.652. The first-order valence-electron chi connectivity index (χ1n) is 7.02. The van der Waals surface area contributed by atoms with Crippen LogP contribution in [0.5, 0.6) is 0 Å². The average molecular weight is 330 g/mol. The molecule has 2 rings (SSSR count). The van der Waals surface area contributed by atoms with E-state index < -0.39 is 30.0 Å². The highest BCUT2D eigenvalue weighted by Crippen LogP contribution is 2.13. The van der Waals surface area contributed by atoms with E-state index in [1.807, 2.05) is 0 Å². The summed E-state index contributed by atoms with van der Waals surface area (Å²) in [6.07, 6.45) is -0.465. The molecule has 0 radical (unpaired) electrons. The standard InChI is InChI=1S/C17H15FN2O4/c1-24-17(23)11-6-8-12(9-7-11)19-15(21)10-16(22)20-14-5-3-2-4-13(14)18/h2-9H,10H2,1H3,(H,19,21)(H,20,22). The lowest BCUT2D eigenvalue weighted by atomic mass is 10.2. The monoisotopic (exact) mass is 330 g/mol. The van der Waals surface area contributed by atoms with E-state index in [0.717, 1.165) is 0 Å². The smallest absolute Gasteiger partial charge is 0.337 e. The molecule has 0 atom stereocenters. The van der Waals surface area contributed by atoms with E-state index in [-0.39, 0.29) is 5.69 Å². The minimum absolute atomic E-state index is 0.0118. The molecule has 0 aliphatic carbocycles. The van der Waals surface area contributed by atoms with Crippen molar-refractivity contribution in [1.82, 2.24) is 0 Å². The van der Waals surface area contributed by atoms with Gasteiger partial charge in [0.1, 0.15) is 12.2 Å². The predicted octanol–water partition coefficient (Wildman–Crippen LogP) is 2.58. The van der Waals surface area contributed by atoms with Crippen LogP contribution in [0, 0.1) is 5.82 Å². The lowest BCUT2D eigenvalue weighted by Crippen LogP contribution is -2.21. The van der Waals surface area contributed by atoms with Gasteiger partial charge in [-0.1, -0.05) is 12.1 Å². The van der Waals surface area contributed by atoms with E-state index in [9.17, 15) is 18.8 Å². The molecule has 0 fully saturated rings. The SMILES string of the molecule is COC(=O)c1ccc(NC(=O)CC(=O)Nc2ccccc2F)cc1. The van der Waals surface area contributed by atoms with Crippen molar-refractivity contribution >= 4 is 29.2 Å². The fourth-order valence-corrected chi connectivity index (χ4v) is 1.92. The number of esters is 1. The second kappa shape index (κ2) is 7.87. The zero-order valence-electron chi connectivity index (χ0n) is 12.8. The number of benzene rings is 2. The number of carbonyl (C=O) groups excluding carboxylic acids is 3. The largest absolute Gasteiger partial charge is 0.465 e. The number of nitrogens with one attached hydrogen (secondary N) is 2. The first kappa shape index (κ1) is 17.1. The molecule has 0 aliphatic rings. The topological polar surface area (TPSA) is 84.5 Å². The van der Waals surface area contributed by atoms with Crippen molar-refractivity contribution in [2.75, 3.05) is 17.7 Å². The maximum Gasteiger partial charge on any atom is 0.337 e. The molecule has 0 aromatic heterocycles. The molecule has 0 heterocycles. The van der Waals surface area contributed by atoms with Crippen molar-refractivity contribution in [3.8, 4) is 0 Å². The number of para-hydroxylation sites is 1. The van der Waals surface area contributed by atoms with Gasteiger partial charge in [0, 0.05) is 5.69 Å². The van der Waals surface area contributed by atoms with Crippen LogP contribution in [0.15, 0.2) is 48.5 Å². The summed E-state index contributed by atoms with van der Waals surface area (Å²) in [7, 11) is 1.27. The summed E-state index contributed by atoms with van der Waals surface area (Å²) in [5.41, 5.74) is 0.775. The molecule has 2 aromatic rings. The maximum absolute atomic E-state index is 13.4. The molecule has 24 heavy (non-hydrogen) atoms. The van der Waals surface area contributed by atoms with E-state index in [1.54, 1.807) is 6.07 Å². The second-order valence-corrected chi connectivity index (χ2v) is 4.82. The van der Waals surface area contributed by atoms with Gasteiger partial charge in [-0.15, -0.1) is 0 Å². The summed E-state index contributed by atoms with van der Waals surface area (Å²) in [6.45, 7) is 0. The van der Waals surface area contributed by atoms with Gasteiger partial charge in [-0.25, -0.2) is 9.18 Å². The Hall–Kier alpha value is -3.22. The molecule has 2 N–H and O–H groups in total. The molecule has 2 amide bonds. The van der Waals surface area contributed by atoms with Gasteiger partial charge in [0.15, 0.2) is 0 Å². The van der Waals surface area contributed by atoms with E-state index in [0.29, 0.717) is 11.3 Å². The summed E-state index contributed by atoms with van der Waals surface area (Å²) < 4.78 is 18.0. The first-order chi connectivity index (χ1) is 11.5. The summed E-state index contributed by atoms with van der Waals surface area (Å²) in [6, 6.07) is 11.7. The molecule has 0 saturated heterocycles. The molecule has 124 valence electrons. The minimum atomic E-state index is -0.635. The predicted molar refractivity (Wildman–Crippen MR) is 86.1 cm³/mol. The lowest BCUT2D eigenvalue weighted by molar-refractivity contribution is -0.123. The summed E-state index contributed by atoms with van der Waals surface area (Å²) in [5.74, 6) is -2.26. The number of hydrogen-bond donors (Lipinski definition) is 2. The van der Waals surface area contributed by atoms with Gasteiger partial charge in [0.25, 0.3) is 0 Å². The third-order valence-electron chi connectivity index (χ3n) is 3.06. The number of ether oxygens (including phenoxy) is 1. The number of methoxy groups -OCH3 is 1. The Morgan fingerprint density at radius 1 is 0.958 bits per heavy atom. The van der Waals surface area contributed by atoms with Gasteiger partial charge in [-0.05, 0) is 36.4 Å². The van der Waals surface area contributed by atoms with Crippen LogP contribution in [0.4, 0.5) is 15.8 Å². The highest BCUT2D eigenvalue weighted by molar-refractivity contribution is 6.08. The van der Waals surface area contributed by atoms with Gasteiger partial charge in [-0.3, -0.25) is 9.59 Å². The van der Waals surface area contributed by atoms with Gasteiger partial charge in [-0.2, -0.15) is 0 Å². The summed E-state index contributed by atoms with van der Waals surface area (Å²) >= 11 is 0. The minimum Gasteiger partial charge on any atom is -0.465 e. The van der Waals surface area contributed by atoms with Crippen LogP contribution >= 0.6 is 0 Å². The van der Waals surface area contributed by atoms with E-state index in [2.05, 4.69) is 15.4 Å². The molecule has 6 nitrogen and oxygen atoms in total. The third kappa shape index (κ3) is 4.64. The van der Waals surface area contributed by atoms with Gasteiger partial charge < -0.3 is 15.4 Å². The summed E-state index contributed by atoms with van der Waals surface area (Å²) in [4.78, 5) is 34.9. The molecule has 7 heteroatoms. The zero-order chi connectivity index (χ0) is 17.5. The number of rotatable bonds is 5. The molecule has 2 aromatic carbocycles. The van der Waals surface area contributed by atoms with Crippen LogP contribution in [0.25, 0.3) is 0 Å². The maximum atomic E-state index is 13.4. The van der Waals surface area contributed by atoms with Gasteiger partial charge in [0.2, 0.25) is 11.8 Å². The summed E-state index contributed by atoms with van der Waals surface area (Å²) in [5, 5.41) is 4.83. The number of anilines is 2. The Morgan fingerprint density at radius 2 is 1.58 bits per heavy atom. The van der Waals surface area contributed by atoms with Crippen LogP contribution in [0.2, 0.25) is 0 Å². The Labute approximate surface area is 137 Å². The molecular formula is C17H15FN2O4. The van der Waals surface area contributed by atoms with Crippen molar-refractivity contribution in [1.29, 1.82) is 0 Å².